The highest BCUT2D eigenvalue weighted by Gasteiger charge is 2.44. The molecule has 3 aromatic rings. The van der Waals surface area contributed by atoms with E-state index in [9.17, 15) is 22.4 Å². The Hall–Kier alpha value is -3.01. The molecule has 4 rings (SSSR count). The summed E-state index contributed by atoms with van der Waals surface area (Å²) >= 11 is 5.93. The highest BCUT2D eigenvalue weighted by atomic mass is 35.5. The van der Waals surface area contributed by atoms with Crippen LogP contribution in [0, 0.1) is 5.92 Å². The van der Waals surface area contributed by atoms with Crippen LogP contribution >= 0.6 is 11.6 Å². The van der Waals surface area contributed by atoms with Gasteiger partial charge in [0.2, 0.25) is 0 Å². The second kappa shape index (κ2) is 8.85. The van der Waals surface area contributed by atoms with Crippen LogP contribution in [-0.4, -0.2) is 48.0 Å². The minimum absolute atomic E-state index is 0.0492. The number of benzene rings is 2. The van der Waals surface area contributed by atoms with Crippen molar-refractivity contribution in [2.45, 2.75) is 19.0 Å². The van der Waals surface area contributed by atoms with Crippen LogP contribution in [0.3, 0.4) is 0 Å². The summed E-state index contributed by atoms with van der Waals surface area (Å²) in [7, 11) is 0. The summed E-state index contributed by atoms with van der Waals surface area (Å²) in [6.45, 7) is 1.19. The van der Waals surface area contributed by atoms with Gasteiger partial charge < -0.3 is 19.4 Å². The first-order valence-corrected chi connectivity index (χ1v) is 10.1. The van der Waals surface area contributed by atoms with Crippen LogP contribution in [0.4, 0.5) is 23.6 Å². The number of anilines is 1. The quantitative estimate of drug-likeness (QED) is 0.474. The monoisotopic (exact) mass is 471 g/mol. The van der Waals surface area contributed by atoms with E-state index in [-0.39, 0.29) is 11.5 Å². The Morgan fingerprint density at radius 3 is 2.88 bits per heavy atom. The number of likely N-dealkylation sites (tertiary alicyclic amines) is 1. The van der Waals surface area contributed by atoms with Crippen LogP contribution in [0.1, 0.15) is 16.8 Å². The van der Waals surface area contributed by atoms with Gasteiger partial charge in [-0.05, 0) is 36.6 Å². The molecule has 0 spiro atoms. The van der Waals surface area contributed by atoms with Crippen molar-refractivity contribution >= 4 is 34.6 Å². The van der Waals surface area contributed by atoms with E-state index in [4.69, 9.17) is 16.0 Å². The molecule has 1 saturated heterocycles. The number of ether oxygens (including phenoxy) is 1. The molecule has 0 radical (unpaired) electrons. The molecular formula is C21H18ClF4N3O3. The molecule has 0 saturated carbocycles. The molecule has 1 aromatic heterocycles. The Morgan fingerprint density at radius 1 is 1.31 bits per heavy atom. The van der Waals surface area contributed by atoms with Crippen LogP contribution in [0.15, 0.2) is 46.9 Å². The van der Waals surface area contributed by atoms with E-state index < -0.39 is 24.2 Å². The van der Waals surface area contributed by atoms with Crippen molar-refractivity contribution in [3.8, 4) is 5.75 Å². The number of carbonyl (C=O) groups excluding carboxylic acids is 1. The minimum Gasteiger partial charge on any atom is -0.427 e. The molecule has 1 fully saturated rings. The Kier molecular flexibility index (Phi) is 6.14. The maximum absolute atomic E-state index is 13.3. The third kappa shape index (κ3) is 4.74. The number of nitrogens with one attached hydrogen (secondary N) is 1. The smallest absolute Gasteiger partial charge is 0.427 e. The molecule has 6 nitrogen and oxygen atoms in total. The zero-order valence-electron chi connectivity index (χ0n) is 16.5. The molecule has 0 bridgehead atoms. The summed E-state index contributed by atoms with van der Waals surface area (Å²) in [5.74, 6) is -1.10. The largest absolute Gasteiger partial charge is 0.461 e. The molecule has 11 heteroatoms. The van der Waals surface area contributed by atoms with Gasteiger partial charge in [0.25, 0.3) is 11.9 Å². The van der Waals surface area contributed by atoms with Crippen LogP contribution < -0.4 is 10.1 Å². The molecule has 1 N–H and O–H groups in total. The first-order chi connectivity index (χ1) is 15.2. The van der Waals surface area contributed by atoms with Gasteiger partial charge >= 0.3 is 12.5 Å². The van der Waals surface area contributed by atoms with Crippen molar-refractivity contribution in [2.75, 3.05) is 25.0 Å². The van der Waals surface area contributed by atoms with Gasteiger partial charge in [-0.25, -0.2) is 0 Å². The van der Waals surface area contributed by atoms with E-state index in [1.165, 1.54) is 23.1 Å². The third-order valence-corrected chi connectivity index (χ3v) is 5.32. The number of rotatable bonds is 7. The van der Waals surface area contributed by atoms with Crippen molar-refractivity contribution in [1.82, 2.24) is 9.88 Å². The first-order valence-electron chi connectivity index (χ1n) is 9.76. The lowest BCUT2D eigenvalue weighted by Gasteiger charge is -2.21. The van der Waals surface area contributed by atoms with Gasteiger partial charge in [-0.2, -0.15) is 22.5 Å². The Balaban J connectivity index is 1.38. The molecule has 1 aliphatic heterocycles. The summed E-state index contributed by atoms with van der Waals surface area (Å²) in [4.78, 5) is 18.6. The van der Waals surface area contributed by atoms with Crippen LogP contribution in [0.2, 0.25) is 5.02 Å². The zero-order chi connectivity index (χ0) is 22.9. The molecule has 2 heterocycles. The highest BCUT2D eigenvalue weighted by Crippen LogP contribution is 2.31. The average molecular weight is 472 g/mol. The van der Waals surface area contributed by atoms with Crippen molar-refractivity contribution in [3.63, 3.8) is 0 Å². The molecule has 1 atom stereocenters. The third-order valence-electron chi connectivity index (χ3n) is 5.08. The normalized spacial score (nSPS) is 16.7. The molecule has 1 amide bonds. The van der Waals surface area contributed by atoms with E-state index in [2.05, 4.69) is 15.0 Å². The van der Waals surface area contributed by atoms with Crippen molar-refractivity contribution in [1.29, 1.82) is 0 Å². The number of hydrogen-bond donors (Lipinski definition) is 1. The molecule has 1 aliphatic rings. The van der Waals surface area contributed by atoms with E-state index in [0.717, 1.165) is 6.07 Å². The van der Waals surface area contributed by atoms with E-state index in [0.29, 0.717) is 48.2 Å². The van der Waals surface area contributed by atoms with E-state index in [1.54, 1.807) is 18.2 Å². The SMILES string of the molecule is O=C(c1ccccc1OC(F)(F)C(F)F)N1CC[C@H](CNc2nc3ccc(Cl)cc3o2)C1. The number of para-hydroxylation sites is 1. The van der Waals surface area contributed by atoms with Crippen molar-refractivity contribution in [3.05, 3.63) is 53.1 Å². The van der Waals surface area contributed by atoms with Crippen LogP contribution in [0.5, 0.6) is 5.75 Å². The number of amides is 1. The average Bonchev–Trinajstić information content (AvgIpc) is 3.38. The number of oxazole rings is 1. The number of carbonyl (C=O) groups is 1. The fourth-order valence-electron chi connectivity index (χ4n) is 3.48. The first kappa shape index (κ1) is 22.2. The summed E-state index contributed by atoms with van der Waals surface area (Å²) in [6.07, 6.45) is -8.06. The zero-order valence-corrected chi connectivity index (χ0v) is 17.3. The van der Waals surface area contributed by atoms with Crippen molar-refractivity contribution in [2.24, 2.45) is 5.92 Å². The Morgan fingerprint density at radius 2 is 2.09 bits per heavy atom. The van der Waals surface area contributed by atoms with Gasteiger partial charge in [0.15, 0.2) is 5.58 Å². The lowest BCUT2D eigenvalue weighted by molar-refractivity contribution is -0.253. The molecule has 0 aliphatic carbocycles. The lowest BCUT2D eigenvalue weighted by Crippen LogP contribution is -2.35. The van der Waals surface area contributed by atoms with Crippen LogP contribution in [-0.2, 0) is 0 Å². The second-order valence-corrected chi connectivity index (χ2v) is 7.81. The summed E-state index contributed by atoms with van der Waals surface area (Å²) in [5.41, 5.74) is 0.995. The molecular weight excluding hydrogens is 454 g/mol. The minimum atomic E-state index is -4.70. The number of nitrogens with zero attached hydrogens (tertiary/aromatic N) is 2. The molecule has 32 heavy (non-hydrogen) atoms. The topological polar surface area (TPSA) is 67.6 Å². The maximum atomic E-state index is 13.3. The predicted molar refractivity (Wildman–Crippen MR) is 110 cm³/mol. The standard InChI is InChI=1S/C21H18ClF4N3O3/c22-13-5-6-15-17(9-13)31-20(28-15)27-10-12-7-8-29(11-12)18(30)14-3-1-2-4-16(14)32-21(25,26)19(23)24/h1-6,9,12,19H,7-8,10-11H2,(H,27,28)/t12-/m1/s1. The van der Waals surface area contributed by atoms with Gasteiger partial charge in [0, 0.05) is 30.7 Å². The summed E-state index contributed by atoms with van der Waals surface area (Å²) in [5, 5.41) is 3.61. The van der Waals surface area contributed by atoms with Crippen LogP contribution in [0.25, 0.3) is 11.1 Å². The predicted octanol–water partition coefficient (Wildman–Crippen LogP) is 5.29. The van der Waals surface area contributed by atoms with Gasteiger partial charge in [0.1, 0.15) is 11.3 Å². The number of hydrogen-bond acceptors (Lipinski definition) is 5. The summed E-state index contributed by atoms with van der Waals surface area (Å²) in [6, 6.07) is 10.5. The number of alkyl halides is 4. The fourth-order valence-corrected chi connectivity index (χ4v) is 3.65. The van der Waals surface area contributed by atoms with Gasteiger partial charge in [-0.3, -0.25) is 4.79 Å². The lowest BCUT2D eigenvalue weighted by atomic mass is 10.1. The molecule has 0 unspecified atom stereocenters. The Bertz CT molecular complexity index is 1120. The number of fused-ring (bicyclic) bond motifs is 1. The molecule has 170 valence electrons. The summed E-state index contributed by atoms with van der Waals surface area (Å²) < 4.78 is 61.5. The van der Waals surface area contributed by atoms with Gasteiger partial charge in [-0.1, -0.05) is 23.7 Å². The fraction of sp³-hybridized carbons (Fsp3) is 0.333. The maximum Gasteiger partial charge on any atom is 0.461 e. The Labute approximate surface area is 185 Å². The van der Waals surface area contributed by atoms with Gasteiger partial charge in [0.05, 0.1) is 5.56 Å². The van der Waals surface area contributed by atoms with Crippen molar-refractivity contribution < 1.29 is 31.5 Å². The number of halogens is 5. The second-order valence-electron chi connectivity index (χ2n) is 7.38. The van der Waals surface area contributed by atoms with E-state index in [1.807, 2.05) is 0 Å². The van der Waals surface area contributed by atoms with Gasteiger partial charge in [-0.15, -0.1) is 0 Å². The van der Waals surface area contributed by atoms with E-state index >= 15 is 0 Å². The highest BCUT2D eigenvalue weighted by molar-refractivity contribution is 6.31. The molecule has 2 aromatic carbocycles. The number of aromatic nitrogens is 1.